The van der Waals surface area contributed by atoms with Crippen molar-refractivity contribution in [2.75, 3.05) is 14.2 Å². The van der Waals surface area contributed by atoms with E-state index in [4.69, 9.17) is 10.00 Å². The monoisotopic (exact) mass is 251 g/mol. The minimum atomic E-state index is -1.57. The van der Waals surface area contributed by atoms with Crippen LogP contribution in [0.4, 0.5) is 0 Å². The summed E-state index contributed by atoms with van der Waals surface area (Å²) >= 11 is 0. The minimum Gasteiger partial charge on any atom is -0.496 e. The third kappa shape index (κ3) is 2.77. The lowest BCUT2D eigenvalue weighted by Crippen LogP contribution is -2.17. The van der Waals surface area contributed by atoms with Gasteiger partial charge in [0.1, 0.15) is 11.9 Å². The Balaban J connectivity index is 3.16. The molecule has 2 unspecified atom stereocenters. The molecule has 1 aromatic rings. The number of carbonyl (C=O) groups is 1. The lowest BCUT2D eigenvalue weighted by Gasteiger charge is -2.16. The quantitative estimate of drug-likeness (QED) is 0.593. The van der Waals surface area contributed by atoms with E-state index in [1.807, 2.05) is 0 Å². The van der Waals surface area contributed by atoms with Crippen LogP contribution < -0.4 is 4.74 Å². The van der Waals surface area contributed by atoms with Crippen molar-refractivity contribution in [2.45, 2.75) is 12.2 Å². The summed E-state index contributed by atoms with van der Waals surface area (Å²) in [7, 11) is 2.60. The number of ether oxygens (including phenoxy) is 2. The van der Waals surface area contributed by atoms with E-state index in [2.05, 4.69) is 4.74 Å². The Kier molecular flexibility index (Phi) is 4.66. The predicted octanol–water partition coefficient (Wildman–Crippen LogP) is 0.400. The van der Waals surface area contributed by atoms with Crippen LogP contribution in [0.3, 0.4) is 0 Å². The average Bonchev–Trinajstić information content (AvgIpc) is 2.43. The normalized spacial score (nSPS) is 13.3. The molecule has 1 aromatic carbocycles. The van der Waals surface area contributed by atoms with E-state index in [0.29, 0.717) is 0 Å². The Morgan fingerprint density at radius 2 is 2.06 bits per heavy atom. The summed E-state index contributed by atoms with van der Waals surface area (Å²) in [5, 5.41) is 27.5. The van der Waals surface area contributed by atoms with E-state index >= 15 is 0 Å². The highest BCUT2D eigenvalue weighted by Crippen LogP contribution is 2.28. The maximum Gasteiger partial charge on any atom is 0.337 e. The number of aliphatic hydroxyl groups excluding tert-OH is 2. The Morgan fingerprint density at radius 3 is 2.56 bits per heavy atom. The summed E-state index contributed by atoms with van der Waals surface area (Å²) in [6.45, 7) is 0. The van der Waals surface area contributed by atoms with Crippen LogP contribution in [0, 0.1) is 11.3 Å². The van der Waals surface area contributed by atoms with Gasteiger partial charge in [-0.15, -0.1) is 0 Å². The molecule has 0 aliphatic carbocycles. The van der Waals surface area contributed by atoms with Crippen LogP contribution in [0.25, 0.3) is 0 Å². The lowest BCUT2D eigenvalue weighted by molar-refractivity contribution is 0.0509. The van der Waals surface area contributed by atoms with Gasteiger partial charge in [0, 0.05) is 5.56 Å². The van der Waals surface area contributed by atoms with E-state index in [0.717, 1.165) is 0 Å². The summed E-state index contributed by atoms with van der Waals surface area (Å²) in [5.41, 5.74) is 0.468. The fourth-order valence-corrected chi connectivity index (χ4v) is 1.44. The molecule has 0 aromatic heterocycles. The Hall–Kier alpha value is -2.10. The van der Waals surface area contributed by atoms with E-state index in [9.17, 15) is 15.0 Å². The Labute approximate surface area is 104 Å². The van der Waals surface area contributed by atoms with Gasteiger partial charge in [0.2, 0.25) is 0 Å². The fourth-order valence-electron chi connectivity index (χ4n) is 1.44. The number of nitriles is 1. The maximum atomic E-state index is 11.3. The van der Waals surface area contributed by atoms with Crippen LogP contribution in [0.15, 0.2) is 18.2 Å². The zero-order chi connectivity index (χ0) is 13.7. The molecule has 0 saturated carbocycles. The van der Waals surface area contributed by atoms with Gasteiger partial charge in [-0.2, -0.15) is 5.26 Å². The van der Waals surface area contributed by atoms with Crippen molar-refractivity contribution in [3.8, 4) is 11.8 Å². The summed E-state index contributed by atoms with van der Waals surface area (Å²) < 4.78 is 9.55. The number of esters is 1. The van der Waals surface area contributed by atoms with E-state index in [-0.39, 0.29) is 16.9 Å². The average molecular weight is 251 g/mol. The van der Waals surface area contributed by atoms with Gasteiger partial charge in [0.15, 0.2) is 6.10 Å². The van der Waals surface area contributed by atoms with E-state index < -0.39 is 18.2 Å². The summed E-state index contributed by atoms with van der Waals surface area (Å²) in [6.07, 6.45) is -2.97. The molecule has 0 saturated heterocycles. The molecule has 0 spiro atoms. The second-order valence-electron chi connectivity index (χ2n) is 3.47. The Morgan fingerprint density at radius 1 is 1.39 bits per heavy atom. The van der Waals surface area contributed by atoms with Gasteiger partial charge >= 0.3 is 5.97 Å². The second kappa shape index (κ2) is 6.00. The zero-order valence-corrected chi connectivity index (χ0v) is 9.95. The number of hydrogen-bond donors (Lipinski definition) is 2. The molecule has 2 atom stereocenters. The van der Waals surface area contributed by atoms with Crippen LogP contribution in [0.2, 0.25) is 0 Å². The largest absolute Gasteiger partial charge is 0.496 e. The SMILES string of the molecule is COC(=O)c1ccc(C(O)C(O)C#N)c(OC)c1. The topological polar surface area (TPSA) is 99.8 Å². The highest BCUT2D eigenvalue weighted by molar-refractivity contribution is 5.89. The highest BCUT2D eigenvalue weighted by atomic mass is 16.5. The number of benzene rings is 1. The zero-order valence-electron chi connectivity index (χ0n) is 9.95. The first-order valence-corrected chi connectivity index (χ1v) is 5.07. The van der Waals surface area contributed by atoms with Gasteiger partial charge < -0.3 is 19.7 Å². The molecule has 0 fully saturated rings. The molecule has 0 radical (unpaired) electrons. The molecule has 6 nitrogen and oxygen atoms in total. The number of aliphatic hydroxyl groups is 2. The van der Waals surface area contributed by atoms with Crippen molar-refractivity contribution >= 4 is 5.97 Å². The van der Waals surface area contributed by atoms with Crippen LogP contribution in [0.1, 0.15) is 22.0 Å². The molecule has 2 N–H and O–H groups in total. The lowest BCUT2D eigenvalue weighted by atomic mass is 10.0. The molecule has 0 heterocycles. The van der Waals surface area contributed by atoms with Crippen LogP contribution >= 0.6 is 0 Å². The van der Waals surface area contributed by atoms with Gasteiger partial charge in [-0.25, -0.2) is 4.79 Å². The summed E-state index contributed by atoms with van der Waals surface area (Å²) in [4.78, 5) is 11.3. The van der Waals surface area contributed by atoms with Crippen molar-refractivity contribution in [1.82, 2.24) is 0 Å². The summed E-state index contributed by atoms with van der Waals surface area (Å²) in [6, 6.07) is 5.70. The van der Waals surface area contributed by atoms with Crippen molar-refractivity contribution in [3.63, 3.8) is 0 Å². The predicted molar refractivity (Wildman–Crippen MR) is 60.9 cm³/mol. The van der Waals surface area contributed by atoms with Crippen molar-refractivity contribution in [2.24, 2.45) is 0 Å². The standard InChI is InChI=1S/C12H13NO5/c1-17-10-5-7(12(16)18-2)3-4-8(10)11(15)9(14)6-13/h3-5,9,11,14-15H,1-2H3. The van der Waals surface area contributed by atoms with Crippen molar-refractivity contribution in [3.05, 3.63) is 29.3 Å². The van der Waals surface area contributed by atoms with Crippen LogP contribution in [-0.4, -0.2) is 36.5 Å². The first kappa shape index (κ1) is 14.0. The molecule has 18 heavy (non-hydrogen) atoms. The van der Waals surface area contributed by atoms with Crippen LogP contribution in [-0.2, 0) is 4.74 Å². The molecular weight excluding hydrogens is 238 g/mol. The number of carbonyl (C=O) groups excluding carboxylic acids is 1. The van der Waals surface area contributed by atoms with Gasteiger partial charge in [-0.3, -0.25) is 0 Å². The summed E-state index contributed by atoms with van der Waals surface area (Å²) in [5.74, 6) is -0.352. The van der Waals surface area contributed by atoms with Gasteiger partial charge in [0.05, 0.1) is 25.9 Å². The second-order valence-corrected chi connectivity index (χ2v) is 3.47. The minimum absolute atomic E-state index is 0.194. The third-order valence-electron chi connectivity index (χ3n) is 2.40. The molecule has 0 aliphatic rings. The third-order valence-corrected chi connectivity index (χ3v) is 2.40. The number of nitrogens with zero attached hydrogens (tertiary/aromatic N) is 1. The van der Waals surface area contributed by atoms with E-state index in [1.54, 1.807) is 0 Å². The molecule has 1 rings (SSSR count). The van der Waals surface area contributed by atoms with Crippen molar-refractivity contribution < 1.29 is 24.5 Å². The number of rotatable bonds is 4. The van der Waals surface area contributed by atoms with Gasteiger partial charge in [-0.05, 0) is 12.1 Å². The van der Waals surface area contributed by atoms with Crippen molar-refractivity contribution in [1.29, 1.82) is 5.26 Å². The van der Waals surface area contributed by atoms with Crippen LogP contribution in [0.5, 0.6) is 5.75 Å². The number of hydrogen-bond acceptors (Lipinski definition) is 6. The first-order valence-electron chi connectivity index (χ1n) is 5.07. The fraction of sp³-hybridized carbons (Fsp3) is 0.333. The molecule has 0 bridgehead atoms. The molecular formula is C12H13NO5. The molecule has 96 valence electrons. The molecule has 0 amide bonds. The maximum absolute atomic E-state index is 11.3. The smallest absolute Gasteiger partial charge is 0.337 e. The first-order chi connectivity index (χ1) is 8.54. The number of methoxy groups -OCH3 is 2. The molecule has 0 aliphatic heterocycles. The van der Waals surface area contributed by atoms with Gasteiger partial charge in [0.25, 0.3) is 0 Å². The highest BCUT2D eigenvalue weighted by Gasteiger charge is 2.22. The van der Waals surface area contributed by atoms with Gasteiger partial charge in [-0.1, -0.05) is 6.07 Å². The molecule has 6 heteroatoms. The Bertz CT molecular complexity index is 480. The van der Waals surface area contributed by atoms with E-state index in [1.165, 1.54) is 38.5 Å².